The molecule has 3 fully saturated rings. The monoisotopic (exact) mass is 958 g/mol. The van der Waals surface area contributed by atoms with Crippen LogP contribution in [0, 0.1) is 0 Å². The van der Waals surface area contributed by atoms with Crippen LogP contribution in [0.5, 0.6) is 23.3 Å². The van der Waals surface area contributed by atoms with Crippen LogP contribution in [-0.4, -0.2) is 67.8 Å². The van der Waals surface area contributed by atoms with Crippen molar-refractivity contribution in [1.29, 1.82) is 0 Å². The normalized spacial score (nSPS) is 19.3. The molecular weight excluding hydrogens is 913 g/mol. The van der Waals surface area contributed by atoms with Gasteiger partial charge in [0.1, 0.15) is 22.6 Å². The third-order valence-electron chi connectivity index (χ3n) is 11.2. The van der Waals surface area contributed by atoms with Crippen molar-refractivity contribution in [1.82, 2.24) is 19.1 Å². The van der Waals surface area contributed by atoms with Gasteiger partial charge in [0, 0.05) is 48.9 Å². The number of nitrogens with zero attached hydrogens (tertiary/aromatic N) is 2. The molecule has 4 heterocycles. The van der Waals surface area contributed by atoms with Crippen LogP contribution in [0.25, 0.3) is 23.5 Å². The molecule has 2 spiro atoms. The predicted molar refractivity (Wildman–Crippen MR) is 246 cm³/mol. The van der Waals surface area contributed by atoms with Crippen LogP contribution in [0.15, 0.2) is 127 Å². The highest BCUT2D eigenvalue weighted by Gasteiger charge is 2.56. The number of H-pyrrole nitrogens is 2. The van der Waals surface area contributed by atoms with E-state index in [1.165, 1.54) is 60.7 Å². The fourth-order valence-electron chi connectivity index (χ4n) is 7.45. The Hall–Kier alpha value is -8.68. The lowest BCUT2D eigenvalue weighted by atomic mass is 9.87. The van der Waals surface area contributed by atoms with Gasteiger partial charge in [-0.15, -0.1) is 0 Å². The Bertz CT molecular complexity index is 2880. The number of nitrogens with one attached hydrogen (secondary N) is 2. The van der Waals surface area contributed by atoms with Gasteiger partial charge in [0.2, 0.25) is 0 Å². The molecule has 1 aliphatic carbocycles. The van der Waals surface area contributed by atoms with Crippen LogP contribution in [0.3, 0.4) is 0 Å². The molecule has 2 aromatic heterocycles. The minimum atomic E-state index is -1.74. The van der Waals surface area contributed by atoms with E-state index in [1.807, 2.05) is 13.8 Å². The Kier molecular flexibility index (Phi) is 15.1. The van der Waals surface area contributed by atoms with E-state index in [0.717, 1.165) is 59.1 Å². The molecule has 2 saturated heterocycles. The summed E-state index contributed by atoms with van der Waals surface area (Å²) in [4.78, 5) is 107. The largest absolute Gasteiger partial charge is 0.859 e. The molecule has 20 heteroatoms. The Balaban J connectivity index is 0.940. The highest BCUT2D eigenvalue weighted by atomic mass is 16.8. The van der Waals surface area contributed by atoms with E-state index in [2.05, 4.69) is 9.97 Å². The quantitative estimate of drug-likeness (QED) is 0.0532. The smallest absolute Gasteiger partial charge is 0.348 e. The first kappa shape index (κ1) is 49.2. The number of benzene rings is 2. The lowest BCUT2D eigenvalue weighted by Crippen LogP contribution is -2.56. The molecule has 7 rings (SSSR count). The molecule has 0 bridgehead atoms. The lowest BCUT2D eigenvalue weighted by Gasteiger charge is -2.45. The molecule has 1 saturated carbocycles. The predicted octanol–water partition coefficient (Wildman–Crippen LogP) is 3.73. The van der Waals surface area contributed by atoms with Crippen molar-refractivity contribution in [2.45, 2.75) is 76.8 Å². The number of aromatic amines is 2. The Morgan fingerprint density at radius 1 is 0.557 bits per heavy atom. The van der Waals surface area contributed by atoms with Crippen LogP contribution in [0.2, 0.25) is 0 Å². The van der Waals surface area contributed by atoms with Gasteiger partial charge in [-0.25, -0.2) is 28.8 Å². The number of carbonyl (C=O) groups excluding carboxylic acids is 4. The van der Waals surface area contributed by atoms with Crippen molar-refractivity contribution in [3.63, 3.8) is 0 Å². The van der Waals surface area contributed by atoms with Gasteiger partial charge in [-0.1, -0.05) is 75.3 Å². The van der Waals surface area contributed by atoms with Crippen molar-refractivity contribution in [2.24, 2.45) is 0 Å². The van der Waals surface area contributed by atoms with E-state index < -0.39 is 80.9 Å². The van der Waals surface area contributed by atoms with Gasteiger partial charge < -0.3 is 38.6 Å². The minimum absolute atomic E-state index is 0.184. The van der Waals surface area contributed by atoms with E-state index in [-0.39, 0.29) is 48.2 Å². The summed E-state index contributed by atoms with van der Waals surface area (Å²) in [6, 6.07) is 12.6. The average molecular weight is 959 g/mol. The standard InChI is InChI=1S/C50H48N4O16/c1-3-5-27-65-33-17-13-15-31(29-33)53-41(57)35(39(55)51-47(53)63)19-9-7-11-21-37-43(59)67-49(68-44(37)60)23-25-50(26-24-49)69-45(61)38(46(62)70-50)22-12-8-10-20-36-40(56)52-48(64)54(42(36)58)32-16-14-18-34(30-32)66-28-6-4-2/h7-22,29-30,57-58H,3-6,23-28H2,1-2H3,(H,51,55,63)(H,52,56,64)/p-2/b11-7+,12-8+,19-9+,20-10+,37-21?,38-22?. The molecule has 3 aliphatic rings. The van der Waals surface area contributed by atoms with Crippen molar-refractivity contribution >= 4 is 36.0 Å². The van der Waals surface area contributed by atoms with E-state index in [9.17, 15) is 48.6 Å². The van der Waals surface area contributed by atoms with Gasteiger partial charge >= 0.3 is 35.3 Å². The summed E-state index contributed by atoms with van der Waals surface area (Å²) in [5, 5.41) is 26.5. The molecule has 70 heavy (non-hydrogen) atoms. The summed E-state index contributed by atoms with van der Waals surface area (Å²) in [5.74, 6) is -8.48. The summed E-state index contributed by atoms with van der Waals surface area (Å²) in [6.45, 7) is 4.89. The second kappa shape index (κ2) is 21.5. The zero-order valence-electron chi connectivity index (χ0n) is 37.9. The summed E-state index contributed by atoms with van der Waals surface area (Å²) in [7, 11) is 0. The zero-order chi connectivity index (χ0) is 50.0. The number of allylic oxidation sites excluding steroid dienone is 8. The topological polar surface area (TPSA) is 279 Å². The van der Waals surface area contributed by atoms with Gasteiger partial charge in [0.25, 0.3) is 22.7 Å². The fraction of sp³-hybridized carbons (Fsp3) is 0.280. The lowest BCUT2D eigenvalue weighted by molar-refractivity contribution is -0.291. The van der Waals surface area contributed by atoms with Gasteiger partial charge in [-0.3, -0.25) is 28.7 Å². The molecule has 4 aromatic rings. The Labute approximate surface area is 397 Å². The van der Waals surface area contributed by atoms with E-state index in [1.54, 1.807) is 24.3 Å². The summed E-state index contributed by atoms with van der Waals surface area (Å²) in [6.07, 6.45) is 14.9. The van der Waals surface area contributed by atoms with Crippen molar-refractivity contribution in [2.75, 3.05) is 13.2 Å². The third kappa shape index (κ3) is 11.0. The average Bonchev–Trinajstić information content (AvgIpc) is 3.31. The van der Waals surface area contributed by atoms with Crippen LogP contribution in [0.1, 0.15) is 76.3 Å². The van der Waals surface area contributed by atoms with Gasteiger partial charge in [-0.2, -0.15) is 0 Å². The molecular formula is C50H46N4O16-2. The molecule has 20 nitrogen and oxygen atoms in total. The Morgan fingerprint density at radius 3 is 1.29 bits per heavy atom. The van der Waals surface area contributed by atoms with Gasteiger partial charge in [0.15, 0.2) is 0 Å². The number of aromatic nitrogens is 4. The van der Waals surface area contributed by atoms with Crippen molar-refractivity contribution < 1.29 is 57.8 Å². The van der Waals surface area contributed by atoms with E-state index in [0.29, 0.717) is 24.7 Å². The maximum absolute atomic E-state index is 13.3. The van der Waals surface area contributed by atoms with Crippen LogP contribution >= 0.6 is 0 Å². The number of hydrogen-bond acceptors (Lipinski definition) is 16. The fourth-order valence-corrected chi connectivity index (χ4v) is 7.45. The molecule has 0 atom stereocenters. The minimum Gasteiger partial charge on any atom is -0.859 e. The van der Waals surface area contributed by atoms with Crippen molar-refractivity contribution in [3.05, 3.63) is 161 Å². The molecule has 2 aromatic carbocycles. The highest BCUT2D eigenvalue weighted by molar-refractivity contribution is 6.16. The highest BCUT2D eigenvalue weighted by Crippen LogP contribution is 2.45. The van der Waals surface area contributed by atoms with Crippen LogP contribution in [0.4, 0.5) is 0 Å². The zero-order valence-corrected chi connectivity index (χ0v) is 37.9. The van der Waals surface area contributed by atoms with Crippen LogP contribution < -0.4 is 42.2 Å². The van der Waals surface area contributed by atoms with Gasteiger partial charge in [0.05, 0.1) is 24.6 Å². The van der Waals surface area contributed by atoms with E-state index in [4.69, 9.17) is 28.4 Å². The summed E-state index contributed by atoms with van der Waals surface area (Å²) >= 11 is 0. The Morgan fingerprint density at radius 2 is 0.929 bits per heavy atom. The molecule has 0 amide bonds. The molecule has 2 N–H and O–H groups in total. The number of carbonyl (C=O) groups is 4. The third-order valence-corrected chi connectivity index (χ3v) is 11.2. The maximum atomic E-state index is 13.3. The first-order valence-electron chi connectivity index (χ1n) is 22.3. The van der Waals surface area contributed by atoms with Crippen LogP contribution in [-0.2, 0) is 38.1 Å². The first-order valence-corrected chi connectivity index (χ1v) is 22.3. The number of hydrogen-bond donors (Lipinski definition) is 2. The molecule has 364 valence electrons. The second-order valence-electron chi connectivity index (χ2n) is 16.1. The number of rotatable bonds is 16. The number of ether oxygens (including phenoxy) is 6. The SMILES string of the molecule is CCCCOc1cccc(-n2c([O-])c(/C=C/C=C/C=C3C(=O)OC4(CCC5(CC4)OC(=O)C(=C/C=C/C=C/c4c([O-])n(-c6cccc(OCCCC)c6)c(=O)[nH]c4=O)C(=O)O5)OC3=O)c(=O)[nH]c2=O)c1. The first-order chi connectivity index (χ1) is 33.7. The number of unbranched alkanes of at least 4 members (excludes halogenated alkanes) is 2. The van der Waals surface area contributed by atoms with Gasteiger partial charge in [-0.05, 0) is 73.2 Å². The van der Waals surface area contributed by atoms with Crippen molar-refractivity contribution in [3.8, 4) is 34.6 Å². The molecule has 0 radical (unpaired) electrons. The molecule has 2 aliphatic heterocycles. The summed E-state index contributed by atoms with van der Waals surface area (Å²) in [5.41, 5.74) is -5.04. The maximum Gasteiger partial charge on any atom is 0.348 e. The van der Waals surface area contributed by atoms with E-state index >= 15 is 0 Å². The molecule has 0 unspecified atom stereocenters. The second-order valence-corrected chi connectivity index (χ2v) is 16.1. The number of esters is 4. The summed E-state index contributed by atoms with van der Waals surface area (Å²) < 4.78 is 35.1.